The molecule has 1 heterocycles. The average molecular weight is 838 g/mol. The van der Waals surface area contributed by atoms with Gasteiger partial charge in [0.25, 0.3) is 0 Å². The molecule has 0 spiro atoms. The maximum atomic E-state index is 13.3. The van der Waals surface area contributed by atoms with Gasteiger partial charge in [-0.3, -0.25) is 14.4 Å². The van der Waals surface area contributed by atoms with Crippen LogP contribution in [-0.2, 0) is 54.1 Å². The number of methoxy groups -OCH3 is 1. The predicted octanol–water partition coefficient (Wildman–Crippen LogP) is 8.91. The molecule has 0 unspecified atom stereocenters. The molecule has 0 saturated carbocycles. The maximum Gasteiger partial charge on any atom is 0.338 e. The van der Waals surface area contributed by atoms with Gasteiger partial charge in [0.05, 0.1) is 25.9 Å². The third-order valence-electron chi connectivity index (χ3n) is 9.81. The second-order valence-electron chi connectivity index (χ2n) is 14.7. The van der Waals surface area contributed by atoms with Gasteiger partial charge in [-0.1, -0.05) is 113 Å². The Labute approximate surface area is 354 Å². The first kappa shape index (κ1) is 49.4. The number of azide groups is 1. The van der Waals surface area contributed by atoms with Crippen LogP contribution in [0.2, 0.25) is 0 Å². The van der Waals surface area contributed by atoms with Crippen LogP contribution in [0.15, 0.2) is 71.9 Å². The van der Waals surface area contributed by atoms with E-state index in [-0.39, 0.29) is 13.2 Å². The lowest BCUT2D eigenvalue weighted by atomic mass is 9.98. The quantitative estimate of drug-likeness (QED) is 0.0151. The van der Waals surface area contributed by atoms with Crippen LogP contribution in [0.3, 0.4) is 0 Å². The van der Waals surface area contributed by atoms with Crippen molar-refractivity contribution < 1.29 is 57.1 Å². The normalized spacial score (nSPS) is 19.7. The van der Waals surface area contributed by atoms with Crippen molar-refractivity contribution in [1.29, 1.82) is 0 Å². The zero-order chi connectivity index (χ0) is 43.5. The smallest absolute Gasteiger partial charge is 0.338 e. The predicted molar refractivity (Wildman–Crippen MR) is 223 cm³/mol. The van der Waals surface area contributed by atoms with Gasteiger partial charge in [0.1, 0.15) is 36.7 Å². The van der Waals surface area contributed by atoms with E-state index in [1.807, 2.05) is 6.08 Å². The fourth-order valence-electron chi connectivity index (χ4n) is 6.72. The summed E-state index contributed by atoms with van der Waals surface area (Å²) in [5.41, 5.74) is 10.7. The van der Waals surface area contributed by atoms with Gasteiger partial charge in [-0.25, -0.2) is 4.79 Å². The number of unbranched alkanes of at least 4 members (excludes halogenated alkanes) is 11. The zero-order valence-corrected chi connectivity index (χ0v) is 35.7. The summed E-state index contributed by atoms with van der Waals surface area (Å²) in [7, 11) is 1.55. The molecule has 0 bridgehead atoms. The summed E-state index contributed by atoms with van der Waals surface area (Å²) < 4.78 is 46.6. The Balaban J connectivity index is 1.84. The van der Waals surface area contributed by atoms with Crippen LogP contribution in [0.5, 0.6) is 5.75 Å². The van der Waals surface area contributed by atoms with E-state index in [4.69, 9.17) is 37.9 Å². The largest absolute Gasteiger partial charge is 0.497 e. The minimum absolute atomic E-state index is 0.0318. The molecule has 7 atom stereocenters. The fourth-order valence-corrected chi connectivity index (χ4v) is 6.72. The highest BCUT2D eigenvalue weighted by atomic mass is 16.7. The minimum atomic E-state index is -1.37. The molecule has 0 aromatic heterocycles. The Bertz CT molecular complexity index is 1650. The number of esters is 4. The van der Waals surface area contributed by atoms with Crippen LogP contribution in [0.25, 0.3) is 10.4 Å². The fraction of sp³-hybridized carbons (Fsp3) is 0.600. The topological polar surface area (TPSA) is 191 Å². The average Bonchev–Trinajstić information content (AvgIpc) is 3.23. The van der Waals surface area contributed by atoms with E-state index in [0.717, 1.165) is 19.3 Å². The second-order valence-corrected chi connectivity index (χ2v) is 14.7. The molecule has 0 aliphatic carbocycles. The van der Waals surface area contributed by atoms with Crippen molar-refractivity contribution in [2.24, 2.45) is 5.11 Å². The van der Waals surface area contributed by atoms with Gasteiger partial charge in [-0.05, 0) is 54.3 Å². The molecule has 15 heteroatoms. The lowest BCUT2D eigenvalue weighted by Crippen LogP contribution is -2.62. The molecule has 0 amide bonds. The number of hydrogen-bond acceptors (Lipinski definition) is 13. The maximum absolute atomic E-state index is 13.3. The van der Waals surface area contributed by atoms with Gasteiger partial charge in [0, 0.05) is 25.7 Å². The van der Waals surface area contributed by atoms with Crippen molar-refractivity contribution in [2.75, 3.05) is 20.3 Å². The van der Waals surface area contributed by atoms with Gasteiger partial charge >= 0.3 is 23.9 Å². The number of hydrogen-bond donors (Lipinski definition) is 0. The van der Waals surface area contributed by atoms with E-state index in [9.17, 15) is 24.7 Å². The highest BCUT2D eigenvalue weighted by Gasteiger charge is 2.52. The molecule has 1 saturated heterocycles. The number of carbonyl (C=O) groups excluding carboxylic acids is 4. The summed E-state index contributed by atoms with van der Waals surface area (Å²) >= 11 is 0. The van der Waals surface area contributed by atoms with Crippen LogP contribution in [0.1, 0.15) is 121 Å². The van der Waals surface area contributed by atoms with Crippen LogP contribution in [-0.4, -0.2) is 87.1 Å². The highest BCUT2D eigenvalue weighted by molar-refractivity contribution is 5.89. The molecule has 2 aromatic rings. The molecular formula is C45H63N3O12. The number of benzene rings is 2. The molecule has 3 rings (SSSR count). The Morgan fingerprint density at radius 1 is 0.783 bits per heavy atom. The highest BCUT2D eigenvalue weighted by Crippen LogP contribution is 2.31. The first-order valence-corrected chi connectivity index (χ1v) is 21.0. The zero-order valence-electron chi connectivity index (χ0n) is 35.7. The summed E-state index contributed by atoms with van der Waals surface area (Å²) in [6.07, 6.45) is 10.2. The van der Waals surface area contributed by atoms with E-state index in [2.05, 4.69) is 16.9 Å². The summed E-state index contributed by atoms with van der Waals surface area (Å²) in [6.45, 7) is 5.00. The molecule has 1 aliphatic rings. The molecular weight excluding hydrogens is 775 g/mol. The van der Waals surface area contributed by atoms with Gasteiger partial charge < -0.3 is 37.9 Å². The third kappa shape index (κ3) is 18.5. The Morgan fingerprint density at radius 3 is 1.98 bits per heavy atom. The van der Waals surface area contributed by atoms with Crippen LogP contribution >= 0.6 is 0 Å². The molecule has 15 nitrogen and oxygen atoms in total. The lowest BCUT2D eigenvalue weighted by molar-refractivity contribution is -0.316. The van der Waals surface area contributed by atoms with Crippen molar-refractivity contribution >= 4 is 23.9 Å². The summed E-state index contributed by atoms with van der Waals surface area (Å²) in [5.74, 6) is -2.07. The van der Waals surface area contributed by atoms with Crippen molar-refractivity contribution in [3.05, 3.63) is 88.3 Å². The molecule has 0 N–H and O–H groups in total. The number of ether oxygens (including phenoxy) is 8. The summed E-state index contributed by atoms with van der Waals surface area (Å²) in [5, 5.41) is 3.97. The van der Waals surface area contributed by atoms with E-state index >= 15 is 0 Å². The first-order valence-electron chi connectivity index (χ1n) is 21.0. The number of rotatable bonds is 28. The second kappa shape index (κ2) is 28.5. The SMILES string of the molecule is CCCCCCCCCCCCC/C=C/[C@@H](OC(=O)c1ccccc1)[C@H](CO[C@H]1O[C@H](COC(C)=O)[C@H](OC(C)=O)[C@H](OC(C)=O)[C@H]1OCc1ccc(OC)cc1)N=[N+]=[N-]. The Morgan fingerprint density at radius 2 is 1.40 bits per heavy atom. The Kier molecular flexibility index (Phi) is 23.5. The van der Waals surface area contributed by atoms with Crippen LogP contribution < -0.4 is 4.74 Å². The number of nitrogens with zero attached hydrogens (tertiary/aromatic N) is 3. The van der Waals surface area contributed by atoms with Crippen molar-refractivity contribution in [2.45, 2.75) is 154 Å². The van der Waals surface area contributed by atoms with Gasteiger partial charge in [0.15, 0.2) is 18.5 Å². The summed E-state index contributed by atoms with van der Waals surface area (Å²) in [4.78, 5) is 53.1. The van der Waals surface area contributed by atoms with E-state index in [0.29, 0.717) is 23.3 Å². The standard InChI is InChI=1S/C45H63N3O12/c1-6-7-8-9-10-11-12-13-14-15-16-17-21-24-39(59-44(52)36-22-19-18-20-23-36)38(47-48-46)30-56-45-43(55-29-35-25-27-37(53-5)28-26-35)42(58-34(4)51)41(57-33(3)50)40(60-45)31-54-32(2)49/h18-28,38-43,45H,6-17,29-31H2,1-5H3/b24-21+/t38-,39+,40+,41-,42-,43+,45-/m0/s1. The third-order valence-corrected chi connectivity index (χ3v) is 9.81. The number of carbonyl (C=O) groups is 4. The molecule has 330 valence electrons. The van der Waals surface area contributed by atoms with E-state index in [1.54, 1.807) is 67.8 Å². The van der Waals surface area contributed by atoms with Crippen molar-refractivity contribution in [1.82, 2.24) is 0 Å². The van der Waals surface area contributed by atoms with E-state index in [1.165, 1.54) is 72.1 Å². The molecule has 60 heavy (non-hydrogen) atoms. The molecule has 1 aliphatic heterocycles. The number of allylic oxidation sites excluding steroid dienone is 1. The van der Waals surface area contributed by atoms with E-state index < -0.39 is 73.3 Å². The van der Waals surface area contributed by atoms with Crippen molar-refractivity contribution in [3.63, 3.8) is 0 Å². The van der Waals surface area contributed by atoms with Gasteiger partial charge in [-0.2, -0.15) is 0 Å². The first-order chi connectivity index (χ1) is 29.1. The minimum Gasteiger partial charge on any atom is -0.497 e. The van der Waals surface area contributed by atoms with Crippen molar-refractivity contribution in [3.8, 4) is 5.75 Å². The summed E-state index contributed by atoms with van der Waals surface area (Å²) in [6, 6.07) is 14.4. The van der Waals surface area contributed by atoms with Crippen LogP contribution in [0, 0.1) is 0 Å². The molecule has 2 aromatic carbocycles. The lowest BCUT2D eigenvalue weighted by Gasteiger charge is -2.44. The van der Waals surface area contributed by atoms with Gasteiger partial charge in [0.2, 0.25) is 0 Å². The Hall–Kier alpha value is -4.95. The molecule has 1 fully saturated rings. The van der Waals surface area contributed by atoms with Crippen LogP contribution in [0.4, 0.5) is 0 Å². The van der Waals surface area contributed by atoms with Gasteiger partial charge in [-0.15, -0.1) is 0 Å². The molecule has 0 radical (unpaired) electrons. The monoisotopic (exact) mass is 837 g/mol.